The Bertz CT molecular complexity index is 1440. The number of imidazole rings is 1. The third-order valence-electron chi connectivity index (χ3n) is 5.13. The smallest absolute Gasteiger partial charge is 0.332 e. The number of aromatic nitrogens is 5. The Morgan fingerprint density at radius 1 is 1.10 bits per heavy atom. The van der Waals surface area contributed by atoms with Crippen LogP contribution in [0.25, 0.3) is 11.0 Å². The first-order valence-corrected chi connectivity index (χ1v) is 9.37. The molecular formula is C21H19FN6O3. The van der Waals surface area contributed by atoms with Crippen molar-refractivity contribution in [2.75, 3.05) is 0 Å². The summed E-state index contributed by atoms with van der Waals surface area (Å²) in [5.41, 5.74) is -0.252. The number of carbonyl (C=O) groups excluding carboxylic acids is 1. The average Bonchev–Trinajstić information content (AvgIpc) is 3.19. The Balaban J connectivity index is 1.77. The molecule has 0 saturated heterocycles. The number of nitrogens with zero attached hydrogens (tertiary/aromatic N) is 5. The Hall–Kier alpha value is -4.08. The molecule has 1 atom stereocenters. The van der Waals surface area contributed by atoms with Crippen molar-refractivity contribution in [1.29, 1.82) is 0 Å². The Labute approximate surface area is 175 Å². The van der Waals surface area contributed by atoms with Crippen LogP contribution in [0.15, 0.2) is 58.5 Å². The molecule has 1 aromatic carbocycles. The Kier molecular flexibility index (Phi) is 4.97. The van der Waals surface area contributed by atoms with E-state index in [-0.39, 0.29) is 16.6 Å². The van der Waals surface area contributed by atoms with Crippen molar-refractivity contribution in [2.24, 2.45) is 21.1 Å². The normalized spacial score (nSPS) is 12.1. The predicted octanol–water partition coefficient (Wildman–Crippen LogP) is 1.02. The van der Waals surface area contributed by atoms with Crippen LogP contribution in [0.4, 0.5) is 4.39 Å². The van der Waals surface area contributed by atoms with Crippen LogP contribution in [0.1, 0.15) is 27.8 Å². The summed E-state index contributed by atoms with van der Waals surface area (Å²) in [6, 6.07) is 6.53. The van der Waals surface area contributed by atoms with E-state index in [0.717, 1.165) is 4.57 Å². The van der Waals surface area contributed by atoms with Crippen molar-refractivity contribution in [3.63, 3.8) is 0 Å². The van der Waals surface area contributed by atoms with Gasteiger partial charge < -0.3 is 9.88 Å². The fourth-order valence-electron chi connectivity index (χ4n) is 3.44. The van der Waals surface area contributed by atoms with Crippen LogP contribution >= 0.6 is 0 Å². The molecule has 4 aromatic rings. The Morgan fingerprint density at radius 3 is 2.55 bits per heavy atom. The highest BCUT2D eigenvalue weighted by molar-refractivity contribution is 5.97. The van der Waals surface area contributed by atoms with Gasteiger partial charge in [0.15, 0.2) is 0 Å². The monoisotopic (exact) mass is 422 g/mol. The van der Waals surface area contributed by atoms with Gasteiger partial charge in [-0.25, -0.2) is 19.2 Å². The number of carbonyl (C=O) groups is 1. The highest BCUT2D eigenvalue weighted by atomic mass is 19.1. The van der Waals surface area contributed by atoms with Crippen molar-refractivity contribution < 1.29 is 9.18 Å². The van der Waals surface area contributed by atoms with Gasteiger partial charge in [-0.1, -0.05) is 12.1 Å². The van der Waals surface area contributed by atoms with E-state index in [9.17, 15) is 18.8 Å². The molecule has 0 bridgehead atoms. The molecule has 0 fully saturated rings. The van der Waals surface area contributed by atoms with Crippen LogP contribution in [-0.2, 0) is 21.1 Å². The van der Waals surface area contributed by atoms with Crippen molar-refractivity contribution in [2.45, 2.75) is 6.04 Å². The van der Waals surface area contributed by atoms with E-state index in [4.69, 9.17) is 0 Å². The van der Waals surface area contributed by atoms with Gasteiger partial charge in [0.05, 0.1) is 10.9 Å². The molecule has 1 unspecified atom stereocenters. The zero-order valence-corrected chi connectivity index (χ0v) is 17.0. The second kappa shape index (κ2) is 7.63. The van der Waals surface area contributed by atoms with E-state index in [1.54, 1.807) is 36.1 Å². The van der Waals surface area contributed by atoms with Gasteiger partial charge in [0, 0.05) is 39.7 Å². The third kappa shape index (κ3) is 3.52. The maximum atomic E-state index is 13.8. The van der Waals surface area contributed by atoms with Gasteiger partial charge in [0.25, 0.3) is 11.5 Å². The molecule has 1 N–H and O–H groups in total. The molecule has 0 spiro atoms. The molecular weight excluding hydrogens is 403 g/mol. The third-order valence-corrected chi connectivity index (χ3v) is 5.13. The van der Waals surface area contributed by atoms with Gasteiger partial charge in [-0.05, 0) is 23.8 Å². The summed E-state index contributed by atoms with van der Waals surface area (Å²) >= 11 is 0. The minimum Gasteiger partial charge on any atom is -0.338 e. The molecule has 9 nitrogen and oxygen atoms in total. The summed E-state index contributed by atoms with van der Waals surface area (Å²) in [7, 11) is 4.62. The molecule has 0 radical (unpaired) electrons. The molecule has 31 heavy (non-hydrogen) atoms. The van der Waals surface area contributed by atoms with E-state index in [2.05, 4.69) is 15.3 Å². The fourth-order valence-corrected chi connectivity index (χ4v) is 3.44. The Morgan fingerprint density at radius 2 is 1.87 bits per heavy atom. The van der Waals surface area contributed by atoms with Crippen LogP contribution in [-0.4, -0.2) is 29.6 Å². The van der Waals surface area contributed by atoms with Crippen LogP contribution < -0.4 is 16.6 Å². The summed E-state index contributed by atoms with van der Waals surface area (Å²) in [4.78, 5) is 46.1. The van der Waals surface area contributed by atoms with E-state index in [0.29, 0.717) is 11.4 Å². The van der Waals surface area contributed by atoms with Crippen LogP contribution in [0.2, 0.25) is 0 Å². The number of hydrogen-bond acceptors (Lipinski definition) is 5. The van der Waals surface area contributed by atoms with E-state index < -0.39 is 29.0 Å². The lowest BCUT2D eigenvalue weighted by Gasteiger charge is -2.19. The quantitative estimate of drug-likeness (QED) is 0.529. The molecule has 4 rings (SSSR count). The summed E-state index contributed by atoms with van der Waals surface area (Å²) in [5.74, 6) is -0.462. The number of fused-ring (bicyclic) bond motifs is 1. The lowest BCUT2D eigenvalue weighted by Crippen LogP contribution is -2.37. The molecule has 3 aromatic heterocycles. The maximum Gasteiger partial charge on any atom is 0.332 e. The number of halogens is 1. The number of amides is 1. The van der Waals surface area contributed by atoms with Gasteiger partial charge >= 0.3 is 5.69 Å². The fraction of sp³-hybridized carbons (Fsp3) is 0.190. The molecule has 0 aliphatic rings. The summed E-state index contributed by atoms with van der Waals surface area (Å²) < 4.78 is 17.8. The standard InChI is InChI=1S/C21H19FN6O3/c1-26-8-7-23-18(26)16(12-5-4-6-14(22)9-12)25-19(29)13-10-15-17(24-11-13)27(2)21(31)28(3)20(15)30/h4-11,16H,1-3H3,(H,25,29). The lowest BCUT2D eigenvalue weighted by molar-refractivity contribution is 0.0941. The second-order valence-electron chi connectivity index (χ2n) is 7.16. The van der Waals surface area contributed by atoms with Gasteiger partial charge in [-0.15, -0.1) is 0 Å². The number of rotatable bonds is 4. The summed E-state index contributed by atoms with van der Waals surface area (Å²) in [6.07, 6.45) is 4.59. The zero-order chi connectivity index (χ0) is 22.3. The van der Waals surface area contributed by atoms with Crippen molar-refractivity contribution in [1.82, 2.24) is 29.0 Å². The minimum absolute atomic E-state index is 0.124. The van der Waals surface area contributed by atoms with Crippen LogP contribution in [0.3, 0.4) is 0 Å². The first-order chi connectivity index (χ1) is 14.8. The molecule has 0 saturated carbocycles. The number of benzene rings is 1. The molecule has 158 valence electrons. The highest BCUT2D eigenvalue weighted by Gasteiger charge is 2.23. The maximum absolute atomic E-state index is 13.8. The zero-order valence-electron chi connectivity index (χ0n) is 17.0. The predicted molar refractivity (Wildman–Crippen MR) is 111 cm³/mol. The molecule has 3 heterocycles. The van der Waals surface area contributed by atoms with Crippen molar-refractivity contribution >= 4 is 16.9 Å². The summed E-state index contributed by atoms with van der Waals surface area (Å²) in [6.45, 7) is 0. The van der Waals surface area contributed by atoms with Crippen LogP contribution in [0, 0.1) is 5.82 Å². The number of aryl methyl sites for hydroxylation is 2. The summed E-state index contributed by atoms with van der Waals surface area (Å²) in [5, 5.41) is 2.97. The van der Waals surface area contributed by atoms with E-state index in [1.165, 1.54) is 43.1 Å². The van der Waals surface area contributed by atoms with Crippen molar-refractivity contribution in [3.05, 3.63) is 92.5 Å². The van der Waals surface area contributed by atoms with Gasteiger partial charge in [0.2, 0.25) is 0 Å². The molecule has 10 heteroatoms. The number of pyridine rings is 1. The SMILES string of the molecule is Cn1ccnc1C(NC(=O)c1cnc2c(c1)c(=O)n(C)c(=O)n2C)c1cccc(F)c1. The van der Waals surface area contributed by atoms with Crippen LogP contribution in [0.5, 0.6) is 0 Å². The van der Waals surface area contributed by atoms with E-state index >= 15 is 0 Å². The van der Waals surface area contributed by atoms with E-state index in [1.807, 2.05) is 0 Å². The molecule has 1 amide bonds. The first kappa shape index (κ1) is 20.2. The van der Waals surface area contributed by atoms with Gasteiger partial charge in [-0.2, -0.15) is 0 Å². The first-order valence-electron chi connectivity index (χ1n) is 9.37. The minimum atomic E-state index is -0.734. The number of nitrogens with one attached hydrogen (secondary N) is 1. The van der Waals surface area contributed by atoms with Crippen molar-refractivity contribution in [3.8, 4) is 0 Å². The lowest BCUT2D eigenvalue weighted by atomic mass is 10.1. The largest absolute Gasteiger partial charge is 0.338 e. The molecule has 0 aliphatic heterocycles. The van der Waals surface area contributed by atoms with Gasteiger partial charge in [0.1, 0.15) is 23.3 Å². The average molecular weight is 422 g/mol. The molecule has 0 aliphatic carbocycles. The topological polar surface area (TPSA) is 104 Å². The second-order valence-corrected chi connectivity index (χ2v) is 7.16. The van der Waals surface area contributed by atoms with Gasteiger partial charge in [-0.3, -0.25) is 18.7 Å². The highest BCUT2D eigenvalue weighted by Crippen LogP contribution is 2.22. The number of hydrogen-bond donors (Lipinski definition) is 1.